The lowest BCUT2D eigenvalue weighted by molar-refractivity contribution is -0.121. The van der Waals surface area contributed by atoms with Crippen molar-refractivity contribution in [1.29, 1.82) is 5.41 Å². The third kappa shape index (κ3) is 3.96. The lowest BCUT2D eigenvalue weighted by atomic mass is 10.0. The Hall–Kier alpha value is -2.21. The second kappa shape index (κ2) is 7.37. The van der Waals surface area contributed by atoms with E-state index in [0.717, 1.165) is 5.69 Å². The molecule has 1 N–H and O–H groups in total. The van der Waals surface area contributed by atoms with Crippen LogP contribution in [0, 0.1) is 11.3 Å². The van der Waals surface area contributed by atoms with Crippen LogP contribution in [0.3, 0.4) is 0 Å². The van der Waals surface area contributed by atoms with Gasteiger partial charge >= 0.3 is 0 Å². The molecule has 0 aliphatic rings. The Labute approximate surface area is 140 Å². The maximum Gasteiger partial charge on any atom is 0.230 e. The molecule has 2 heterocycles. The van der Waals surface area contributed by atoms with Crippen molar-refractivity contribution in [1.82, 2.24) is 14.8 Å². The van der Waals surface area contributed by atoms with Crippen molar-refractivity contribution in [3.63, 3.8) is 0 Å². The standard InChI is InChI=1S/C16H20ClN5O/c1-4-21(16(23)11(2)8-12(3)18)14-10-22(20-15(14)17)13-6-5-7-19-9-13/h5-7,9-11,18H,4,8H2,1-3H3. The van der Waals surface area contributed by atoms with Crippen molar-refractivity contribution in [2.24, 2.45) is 5.92 Å². The van der Waals surface area contributed by atoms with E-state index in [1.165, 1.54) is 0 Å². The summed E-state index contributed by atoms with van der Waals surface area (Å²) in [4.78, 5) is 18.3. The van der Waals surface area contributed by atoms with Gasteiger partial charge in [-0.1, -0.05) is 18.5 Å². The zero-order valence-electron chi connectivity index (χ0n) is 13.5. The summed E-state index contributed by atoms with van der Waals surface area (Å²) in [5.74, 6) is -0.336. The van der Waals surface area contributed by atoms with E-state index in [9.17, 15) is 4.79 Å². The fraction of sp³-hybridized carbons (Fsp3) is 0.375. The minimum atomic E-state index is -0.273. The second-order valence-electron chi connectivity index (χ2n) is 5.43. The van der Waals surface area contributed by atoms with Crippen molar-refractivity contribution in [3.8, 4) is 5.69 Å². The molecule has 0 radical (unpaired) electrons. The Morgan fingerprint density at radius 2 is 2.26 bits per heavy atom. The van der Waals surface area contributed by atoms with Crippen LogP contribution in [-0.2, 0) is 4.79 Å². The first-order valence-electron chi connectivity index (χ1n) is 7.45. The van der Waals surface area contributed by atoms with Crippen molar-refractivity contribution in [3.05, 3.63) is 35.9 Å². The lowest BCUT2D eigenvalue weighted by Crippen LogP contribution is -2.35. The molecule has 6 nitrogen and oxygen atoms in total. The average molecular weight is 334 g/mol. The highest BCUT2D eigenvalue weighted by atomic mass is 35.5. The first kappa shape index (κ1) is 17.1. The molecule has 0 fully saturated rings. The van der Waals surface area contributed by atoms with Gasteiger partial charge in [-0.05, 0) is 32.4 Å². The van der Waals surface area contributed by atoms with Crippen LogP contribution in [0.15, 0.2) is 30.7 Å². The molecular weight excluding hydrogens is 314 g/mol. The fourth-order valence-corrected chi connectivity index (χ4v) is 2.64. The molecule has 122 valence electrons. The van der Waals surface area contributed by atoms with Gasteiger partial charge in [-0.25, -0.2) is 4.68 Å². The van der Waals surface area contributed by atoms with E-state index in [0.29, 0.717) is 24.4 Å². The molecule has 0 bridgehead atoms. The maximum atomic E-state index is 12.6. The predicted octanol–water partition coefficient (Wildman–Crippen LogP) is 3.34. The molecule has 7 heteroatoms. The van der Waals surface area contributed by atoms with Crippen LogP contribution in [0.1, 0.15) is 27.2 Å². The van der Waals surface area contributed by atoms with E-state index >= 15 is 0 Å². The van der Waals surface area contributed by atoms with Crippen molar-refractivity contribution in [2.75, 3.05) is 11.4 Å². The van der Waals surface area contributed by atoms with Crippen LogP contribution in [0.2, 0.25) is 5.15 Å². The molecule has 1 unspecified atom stereocenters. The van der Waals surface area contributed by atoms with E-state index in [4.69, 9.17) is 17.0 Å². The third-order valence-electron chi connectivity index (χ3n) is 3.47. The molecule has 0 saturated heterocycles. The summed E-state index contributed by atoms with van der Waals surface area (Å²) in [5, 5.41) is 12.1. The summed E-state index contributed by atoms with van der Waals surface area (Å²) in [6, 6.07) is 3.67. The summed E-state index contributed by atoms with van der Waals surface area (Å²) >= 11 is 6.23. The van der Waals surface area contributed by atoms with Crippen LogP contribution in [-0.4, -0.2) is 32.9 Å². The molecule has 0 saturated carbocycles. The first-order chi connectivity index (χ1) is 10.9. The molecule has 23 heavy (non-hydrogen) atoms. The molecular formula is C16H20ClN5O. The number of amides is 1. The molecule has 0 aliphatic carbocycles. The van der Waals surface area contributed by atoms with Gasteiger partial charge in [0.15, 0.2) is 5.15 Å². The molecule has 1 amide bonds. The van der Waals surface area contributed by atoms with Gasteiger partial charge in [0.05, 0.1) is 18.1 Å². The van der Waals surface area contributed by atoms with Crippen LogP contribution in [0.5, 0.6) is 0 Å². The Morgan fingerprint density at radius 3 is 2.83 bits per heavy atom. The fourth-order valence-electron chi connectivity index (χ4n) is 2.40. The highest BCUT2D eigenvalue weighted by molar-refractivity contribution is 6.32. The first-order valence-corrected chi connectivity index (χ1v) is 7.82. The number of nitrogens with zero attached hydrogens (tertiary/aromatic N) is 4. The van der Waals surface area contributed by atoms with E-state index in [2.05, 4.69) is 10.1 Å². The topological polar surface area (TPSA) is 74.9 Å². The minimum Gasteiger partial charge on any atom is -0.310 e. The van der Waals surface area contributed by atoms with Crippen LogP contribution in [0.25, 0.3) is 5.69 Å². The molecule has 1 atom stereocenters. The Bertz CT molecular complexity index is 698. The summed E-state index contributed by atoms with van der Waals surface area (Å²) in [7, 11) is 0. The smallest absolute Gasteiger partial charge is 0.230 e. The Morgan fingerprint density at radius 1 is 1.52 bits per heavy atom. The molecule has 0 aromatic carbocycles. The van der Waals surface area contributed by atoms with Gasteiger partial charge in [0.25, 0.3) is 0 Å². The average Bonchev–Trinajstić information content (AvgIpc) is 2.90. The van der Waals surface area contributed by atoms with Crippen LogP contribution >= 0.6 is 11.6 Å². The van der Waals surface area contributed by atoms with Crippen molar-refractivity contribution < 1.29 is 4.79 Å². The number of pyridine rings is 1. The summed E-state index contributed by atoms with van der Waals surface area (Å²) in [5.41, 5.74) is 1.82. The molecule has 2 rings (SSSR count). The van der Waals surface area contributed by atoms with Gasteiger partial charge in [0.1, 0.15) is 5.69 Å². The van der Waals surface area contributed by atoms with E-state index in [1.807, 2.05) is 26.0 Å². The molecule has 2 aromatic heterocycles. The van der Waals surface area contributed by atoms with E-state index < -0.39 is 0 Å². The second-order valence-corrected chi connectivity index (χ2v) is 5.79. The van der Waals surface area contributed by atoms with Gasteiger partial charge in [0, 0.05) is 24.4 Å². The SMILES string of the molecule is CCN(C(=O)C(C)CC(C)=N)c1cn(-c2cccnc2)nc1Cl. The summed E-state index contributed by atoms with van der Waals surface area (Å²) < 4.78 is 1.60. The number of rotatable bonds is 6. The van der Waals surface area contributed by atoms with Crippen LogP contribution < -0.4 is 4.90 Å². The zero-order valence-corrected chi connectivity index (χ0v) is 14.2. The number of anilines is 1. The summed E-state index contributed by atoms with van der Waals surface area (Å²) in [6.07, 6.45) is 5.51. The van der Waals surface area contributed by atoms with Crippen molar-refractivity contribution in [2.45, 2.75) is 27.2 Å². The number of aromatic nitrogens is 3. The molecule has 0 aliphatic heterocycles. The van der Waals surface area contributed by atoms with Gasteiger partial charge in [0.2, 0.25) is 5.91 Å². The number of carbonyl (C=O) groups is 1. The number of carbonyl (C=O) groups excluding carboxylic acids is 1. The Kier molecular flexibility index (Phi) is 5.50. The Balaban J connectivity index is 2.30. The lowest BCUT2D eigenvalue weighted by Gasteiger charge is -2.23. The minimum absolute atomic E-state index is 0.0632. The normalized spacial score (nSPS) is 12.0. The highest BCUT2D eigenvalue weighted by Crippen LogP contribution is 2.27. The largest absolute Gasteiger partial charge is 0.310 e. The van der Waals surface area contributed by atoms with Gasteiger partial charge in [-0.3, -0.25) is 9.78 Å². The predicted molar refractivity (Wildman–Crippen MR) is 91.6 cm³/mol. The number of hydrogen-bond donors (Lipinski definition) is 1. The summed E-state index contributed by atoms with van der Waals surface area (Å²) in [6.45, 7) is 5.90. The third-order valence-corrected chi connectivity index (χ3v) is 3.74. The van der Waals surface area contributed by atoms with Gasteiger partial charge in [-0.15, -0.1) is 0 Å². The number of nitrogens with one attached hydrogen (secondary N) is 1. The monoisotopic (exact) mass is 333 g/mol. The number of halogens is 1. The van der Waals surface area contributed by atoms with Gasteiger partial charge in [-0.2, -0.15) is 5.10 Å². The maximum absolute atomic E-state index is 12.6. The van der Waals surface area contributed by atoms with Crippen LogP contribution in [0.4, 0.5) is 5.69 Å². The van der Waals surface area contributed by atoms with Crippen molar-refractivity contribution >= 4 is 28.9 Å². The van der Waals surface area contributed by atoms with E-state index in [-0.39, 0.29) is 17.0 Å². The number of hydrogen-bond acceptors (Lipinski definition) is 4. The van der Waals surface area contributed by atoms with E-state index in [1.54, 1.807) is 35.1 Å². The quantitative estimate of drug-likeness (QED) is 0.824. The highest BCUT2D eigenvalue weighted by Gasteiger charge is 2.24. The molecule has 2 aromatic rings. The zero-order chi connectivity index (χ0) is 17.0. The van der Waals surface area contributed by atoms with Gasteiger partial charge < -0.3 is 10.3 Å². The molecule has 0 spiro atoms.